The Morgan fingerprint density at radius 2 is 2.00 bits per heavy atom. The van der Waals surface area contributed by atoms with Gasteiger partial charge in [0.15, 0.2) is 10.0 Å². The maximum absolute atomic E-state index is 13.8. The van der Waals surface area contributed by atoms with Crippen molar-refractivity contribution >= 4 is 32.4 Å². The number of hydrogen-bond acceptors (Lipinski definition) is 5. The van der Waals surface area contributed by atoms with Crippen LogP contribution in [0.4, 0.5) is 13.9 Å². The van der Waals surface area contributed by atoms with Crippen LogP contribution in [0.2, 0.25) is 0 Å². The highest BCUT2D eigenvalue weighted by atomic mass is 32.2. The minimum absolute atomic E-state index is 0.0390. The summed E-state index contributed by atoms with van der Waals surface area (Å²) >= 11 is 1.15. The maximum atomic E-state index is 13.8. The number of fused-ring (bicyclic) bond motifs is 1. The molecule has 0 unspecified atom stereocenters. The first kappa shape index (κ1) is 16.9. The number of halogens is 2. The third kappa shape index (κ3) is 3.04. The smallest absolute Gasteiger partial charge is 0.249 e. The van der Waals surface area contributed by atoms with Crippen LogP contribution in [0.3, 0.4) is 0 Å². The molecule has 24 heavy (non-hydrogen) atoms. The first-order valence-corrected chi connectivity index (χ1v) is 9.25. The van der Waals surface area contributed by atoms with Crippen LogP contribution in [0.5, 0.6) is 0 Å². The molecule has 0 saturated carbocycles. The Kier molecular flexibility index (Phi) is 4.37. The van der Waals surface area contributed by atoms with E-state index in [1.54, 1.807) is 0 Å². The van der Waals surface area contributed by atoms with Crippen molar-refractivity contribution in [3.63, 3.8) is 0 Å². The topological polar surface area (TPSA) is 79.4 Å². The number of anilines is 1. The second-order valence-corrected chi connectivity index (χ2v) is 8.17. The van der Waals surface area contributed by atoms with Crippen molar-refractivity contribution in [3.8, 4) is 0 Å². The molecule has 10 heteroatoms. The van der Waals surface area contributed by atoms with Crippen molar-refractivity contribution in [1.29, 1.82) is 0 Å². The van der Waals surface area contributed by atoms with E-state index in [9.17, 15) is 22.0 Å². The molecular formula is C14H13F2N3O3S2. The number of rotatable bonds is 3. The SMILES string of the molecule is CC(=O)Nc1nc2c(s1)CN(S(=O)(=O)c1c(F)cccc1F)CC2. The van der Waals surface area contributed by atoms with Crippen LogP contribution < -0.4 is 5.32 Å². The number of aromatic nitrogens is 1. The van der Waals surface area contributed by atoms with E-state index in [-0.39, 0.29) is 19.0 Å². The molecule has 0 atom stereocenters. The van der Waals surface area contributed by atoms with E-state index in [0.717, 1.165) is 33.8 Å². The van der Waals surface area contributed by atoms with E-state index in [4.69, 9.17) is 0 Å². The molecule has 0 spiro atoms. The second-order valence-electron chi connectivity index (χ2n) is 5.21. The maximum Gasteiger partial charge on any atom is 0.249 e. The van der Waals surface area contributed by atoms with Gasteiger partial charge >= 0.3 is 0 Å². The highest BCUT2D eigenvalue weighted by Gasteiger charge is 2.34. The third-order valence-corrected chi connectivity index (χ3v) is 6.39. The Labute approximate surface area is 141 Å². The minimum atomic E-state index is -4.31. The molecule has 2 aromatic rings. The van der Waals surface area contributed by atoms with Gasteiger partial charge in [-0.2, -0.15) is 4.31 Å². The van der Waals surface area contributed by atoms with Gasteiger partial charge in [-0.3, -0.25) is 4.79 Å². The van der Waals surface area contributed by atoms with E-state index in [1.807, 2.05) is 0 Å². The van der Waals surface area contributed by atoms with Crippen LogP contribution >= 0.6 is 11.3 Å². The fraction of sp³-hybridized carbons (Fsp3) is 0.286. The summed E-state index contributed by atoms with van der Waals surface area (Å²) in [4.78, 5) is 15.0. The molecule has 0 fully saturated rings. The van der Waals surface area contributed by atoms with Gasteiger partial charge in [-0.15, -0.1) is 11.3 Å². The molecule has 3 rings (SSSR count). The summed E-state index contributed by atoms with van der Waals surface area (Å²) in [5, 5.41) is 2.92. The molecule has 0 aliphatic carbocycles. The largest absolute Gasteiger partial charge is 0.302 e. The first-order chi connectivity index (χ1) is 11.3. The average Bonchev–Trinajstić information content (AvgIpc) is 2.86. The number of thiazole rings is 1. The average molecular weight is 373 g/mol. The monoisotopic (exact) mass is 373 g/mol. The van der Waals surface area contributed by atoms with Crippen LogP contribution in [-0.2, 0) is 27.8 Å². The standard InChI is InChI=1S/C14H13F2N3O3S2/c1-8(20)17-14-18-11-5-6-19(7-12(11)23-14)24(21,22)13-9(15)3-2-4-10(13)16/h2-4H,5-7H2,1H3,(H,17,18,20). The lowest BCUT2D eigenvalue weighted by atomic mass is 10.2. The zero-order valence-corrected chi connectivity index (χ0v) is 14.2. The van der Waals surface area contributed by atoms with Gasteiger partial charge in [-0.1, -0.05) is 6.07 Å². The number of carbonyl (C=O) groups is 1. The summed E-state index contributed by atoms with van der Waals surface area (Å²) in [6.07, 6.45) is 0.306. The van der Waals surface area contributed by atoms with Gasteiger partial charge < -0.3 is 5.32 Å². The molecule has 1 aliphatic heterocycles. The molecule has 1 aromatic carbocycles. The van der Waals surface area contributed by atoms with Crippen molar-refractivity contribution in [2.75, 3.05) is 11.9 Å². The molecule has 1 aromatic heterocycles. The molecule has 6 nitrogen and oxygen atoms in total. The lowest BCUT2D eigenvalue weighted by Gasteiger charge is -2.25. The summed E-state index contributed by atoms with van der Waals surface area (Å²) in [6.45, 7) is 1.37. The first-order valence-electron chi connectivity index (χ1n) is 6.99. The number of nitrogens with zero attached hydrogens (tertiary/aromatic N) is 2. The Hall–Kier alpha value is -1.91. The fourth-order valence-corrected chi connectivity index (χ4v) is 5.11. The summed E-state index contributed by atoms with van der Waals surface area (Å²) in [5.41, 5.74) is 0.684. The van der Waals surface area contributed by atoms with E-state index in [1.165, 1.54) is 6.92 Å². The fourth-order valence-electron chi connectivity index (χ4n) is 2.44. The summed E-state index contributed by atoms with van der Waals surface area (Å²) in [7, 11) is -4.31. The van der Waals surface area contributed by atoms with Gasteiger partial charge in [-0.05, 0) is 12.1 Å². The van der Waals surface area contributed by atoms with Crippen LogP contribution in [0.1, 0.15) is 17.5 Å². The van der Waals surface area contributed by atoms with Gasteiger partial charge in [0.1, 0.15) is 11.6 Å². The molecule has 128 valence electrons. The van der Waals surface area contributed by atoms with Crippen molar-refractivity contribution in [2.45, 2.75) is 24.8 Å². The molecule has 1 amide bonds. The van der Waals surface area contributed by atoms with Crippen LogP contribution in [0, 0.1) is 11.6 Å². The van der Waals surface area contributed by atoms with Crippen molar-refractivity contribution in [3.05, 3.63) is 40.4 Å². The van der Waals surface area contributed by atoms with Gasteiger partial charge in [0.25, 0.3) is 0 Å². The molecule has 0 saturated heterocycles. The van der Waals surface area contributed by atoms with E-state index in [0.29, 0.717) is 22.1 Å². The molecule has 0 bridgehead atoms. The third-order valence-electron chi connectivity index (χ3n) is 3.50. The van der Waals surface area contributed by atoms with Gasteiger partial charge in [-0.25, -0.2) is 22.2 Å². The number of nitrogens with one attached hydrogen (secondary N) is 1. The lowest BCUT2D eigenvalue weighted by Crippen LogP contribution is -2.36. The van der Waals surface area contributed by atoms with E-state index in [2.05, 4.69) is 10.3 Å². The minimum Gasteiger partial charge on any atom is -0.302 e. The van der Waals surface area contributed by atoms with Crippen molar-refractivity contribution in [2.24, 2.45) is 0 Å². The number of sulfonamides is 1. The number of amides is 1. The number of carbonyl (C=O) groups excluding carboxylic acids is 1. The van der Waals surface area contributed by atoms with Gasteiger partial charge in [0.05, 0.1) is 12.2 Å². The molecular weight excluding hydrogens is 360 g/mol. The van der Waals surface area contributed by atoms with Crippen LogP contribution in [0.25, 0.3) is 0 Å². The molecule has 0 radical (unpaired) electrons. The molecule has 1 N–H and O–H groups in total. The zero-order valence-electron chi connectivity index (χ0n) is 12.5. The normalized spacial score (nSPS) is 15.1. The highest BCUT2D eigenvalue weighted by molar-refractivity contribution is 7.89. The van der Waals surface area contributed by atoms with Gasteiger partial charge in [0.2, 0.25) is 15.9 Å². The summed E-state index contributed by atoms with van der Waals surface area (Å²) < 4.78 is 53.9. The Balaban J connectivity index is 1.92. The quantitative estimate of drug-likeness (QED) is 0.894. The zero-order chi connectivity index (χ0) is 17.5. The molecule has 1 aliphatic rings. The lowest BCUT2D eigenvalue weighted by molar-refractivity contribution is -0.114. The predicted octanol–water partition coefficient (Wildman–Crippen LogP) is 2.13. The van der Waals surface area contributed by atoms with Crippen molar-refractivity contribution in [1.82, 2.24) is 9.29 Å². The van der Waals surface area contributed by atoms with E-state index >= 15 is 0 Å². The Morgan fingerprint density at radius 3 is 2.62 bits per heavy atom. The predicted molar refractivity (Wildman–Crippen MR) is 84.1 cm³/mol. The van der Waals surface area contributed by atoms with Crippen LogP contribution in [-0.4, -0.2) is 30.2 Å². The number of benzene rings is 1. The van der Waals surface area contributed by atoms with Crippen LogP contribution in [0.15, 0.2) is 23.1 Å². The Bertz CT molecular complexity index is 892. The second kappa shape index (κ2) is 6.19. The Morgan fingerprint density at radius 1 is 1.33 bits per heavy atom. The molecule has 2 heterocycles. The summed E-state index contributed by atoms with van der Waals surface area (Å²) in [6, 6.07) is 2.93. The number of hydrogen-bond donors (Lipinski definition) is 1. The van der Waals surface area contributed by atoms with E-state index < -0.39 is 26.6 Å². The summed E-state index contributed by atoms with van der Waals surface area (Å²) in [5.74, 6) is -2.52. The highest BCUT2D eigenvalue weighted by Crippen LogP contribution is 2.32. The van der Waals surface area contributed by atoms with Crippen molar-refractivity contribution < 1.29 is 22.0 Å². The van der Waals surface area contributed by atoms with Gasteiger partial charge in [0, 0.05) is 24.8 Å².